The summed E-state index contributed by atoms with van der Waals surface area (Å²) < 4.78 is 0. The van der Waals surface area contributed by atoms with Gasteiger partial charge in [0.05, 0.1) is 12.2 Å². The zero-order valence-corrected chi connectivity index (χ0v) is 10.1. The second kappa shape index (κ2) is 4.87. The van der Waals surface area contributed by atoms with Crippen LogP contribution in [0.3, 0.4) is 0 Å². The van der Waals surface area contributed by atoms with Crippen molar-refractivity contribution in [2.45, 2.75) is 6.92 Å². The van der Waals surface area contributed by atoms with E-state index >= 15 is 0 Å². The molecule has 2 aromatic rings. The summed E-state index contributed by atoms with van der Waals surface area (Å²) in [5.74, 6) is 0.0954. The van der Waals surface area contributed by atoms with E-state index in [4.69, 9.17) is 0 Å². The molecule has 1 aromatic carbocycles. The number of rotatable bonds is 4. The van der Waals surface area contributed by atoms with Crippen LogP contribution < -0.4 is 4.90 Å². The predicted octanol–water partition coefficient (Wildman–Crippen LogP) is 2.64. The number of anilines is 1. The van der Waals surface area contributed by atoms with E-state index in [2.05, 4.69) is 4.98 Å². The second-order valence-electron chi connectivity index (χ2n) is 4.20. The highest BCUT2D eigenvalue weighted by Crippen LogP contribution is 2.13. The summed E-state index contributed by atoms with van der Waals surface area (Å²) in [6.45, 7) is 2.43. The van der Waals surface area contributed by atoms with Crippen LogP contribution in [0.25, 0.3) is 0 Å². The van der Waals surface area contributed by atoms with Gasteiger partial charge >= 0.3 is 0 Å². The summed E-state index contributed by atoms with van der Waals surface area (Å²) in [6.07, 6.45) is 1.76. The van der Waals surface area contributed by atoms with Gasteiger partial charge in [0, 0.05) is 18.9 Å². The maximum Gasteiger partial charge on any atom is 0.198 e. The number of nitrogens with zero attached hydrogens (tertiary/aromatic N) is 1. The second-order valence-corrected chi connectivity index (χ2v) is 4.20. The maximum absolute atomic E-state index is 11.9. The van der Waals surface area contributed by atoms with Crippen molar-refractivity contribution in [1.29, 1.82) is 0 Å². The SMILES string of the molecule is Cc1ccc(N(C)CC(=O)c2ccc[nH]2)cc1. The summed E-state index contributed by atoms with van der Waals surface area (Å²) >= 11 is 0. The first-order valence-corrected chi connectivity index (χ1v) is 5.61. The molecule has 1 heterocycles. The Bertz CT molecular complexity index is 485. The van der Waals surface area contributed by atoms with Crippen molar-refractivity contribution in [3.05, 3.63) is 53.9 Å². The number of carbonyl (C=O) groups is 1. The van der Waals surface area contributed by atoms with E-state index in [1.807, 2.05) is 49.2 Å². The average Bonchev–Trinajstić information content (AvgIpc) is 2.83. The molecule has 0 saturated carbocycles. The minimum atomic E-state index is 0.0954. The van der Waals surface area contributed by atoms with Crippen LogP contribution in [0.2, 0.25) is 0 Å². The molecule has 0 radical (unpaired) electrons. The lowest BCUT2D eigenvalue weighted by molar-refractivity contribution is 0.0996. The highest BCUT2D eigenvalue weighted by Gasteiger charge is 2.10. The first-order chi connectivity index (χ1) is 8.16. The molecule has 0 fully saturated rings. The third kappa shape index (κ3) is 2.75. The minimum Gasteiger partial charge on any atom is -0.367 e. The van der Waals surface area contributed by atoms with Crippen molar-refractivity contribution in [3.8, 4) is 0 Å². The van der Waals surface area contributed by atoms with Crippen molar-refractivity contribution in [2.24, 2.45) is 0 Å². The lowest BCUT2D eigenvalue weighted by Crippen LogP contribution is -2.25. The first-order valence-electron chi connectivity index (χ1n) is 5.61. The van der Waals surface area contributed by atoms with Crippen molar-refractivity contribution >= 4 is 11.5 Å². The van der Waals surface area contributed by atoms with E-state index in [0.717, 1.165) is 5.69 Å². The Kier molecular flexibility index (Phi) is 3.28. The van der Waals surface area contributed by atoms with Crippen LogP contribution in [0.1, 0.15) is 16.1 Å². The number of likely N-dealkylation sites (N-methyl/N-ethyl adjacent to an activating group) is 1. The number of aromatic nitrogens is 1. The van der Waals surface area contributed by atoms with Crippen molar-refractivity contribution in [2.75, 3.05) is 18.5 Å². The minimum absolute atomic E-state index is 0.0954. The van der Waals surface area contributed by atoms with E-state index in [0.29, 0.717) is 12.2 Å². The predicted molar refractivity (Wildman–Crippen MR) is 69.6 cm³/mol. The molecule has 0 aliphatic rings. The Morgan fingerprint density at radius 1 is 1.24 bits per heavy atom. The number of aryl methyl sites for hydroxylation is 1. The van der Waals surface area contributed by atoms with Gasteiger partial charge in [-0.25, -0.2) is 0 Å². The fraction of sp³-hybridized carbons (Fsp3) is 0.214. The summed E-state index contributed by atoms with van der Waals surface area (Å²) in [7, 11) is 1.92. The molecular formula is C14H16N2O. The van der Waals surface area contributed by atoms with Crippen LogP contribution in [-0.4, -0.2) is 24.4 Å². The highest BCUT2D eigenvalue weighted by atomic mass is 16.1. The largest absolute Gasteiger partial charge is 0.367 e. The Balaban J connectivity index is 2.04. The number of Topliss-reactive ketones (excluding diaryl/α,β-unsaturated/α-hetero) is 1. The quantitative estimate of drug-likeness (QED) is 0.817. The van der Waals surface area contributed by atoms with E-state index in [1.165, 1.54) is 5.56 Å². The number of nitrogens with one attached hydrogen (secondary N) is 1. The molecular weight excluding hydrogens is 212 g/mol. The van der Waals surface area contributed by atoms with Crippen molar-refractivity contribution in [1.82, 2.24) is 4.98 Å². The van der Waals surface area contributed by atoms with E-state index in [1.54, 1.807) is 12.3 Å². The lowest BCUT2D eigenvalue weighted by Gasteiger charge is -2.18. The van der Waals surface area contributed by atoms with Gasteiger partial charge in [0.25, 0.3) is 0 Å². The lowest BCUT2D eigenvalue weighted by atomic mass is 10.2. The summed E-state index contributed by atoms with van der Waals surface area (Å²) in [5.41, 5.74) is 2.93. The molecule has 88 valence electrons. The molecule has 1 N–H and O–H groups in total. The molecule has 17 heavy (non-hydrogen) atoms. The molecule has 3 heteroatoms. The zero-order chi connectivity index (χ0) is 12.3. The molecule has 1 aromatic heterocycles. The van der Waals surface area contributed by atoms with Gasteiger partial charge in [-0.15, -0.1) is 0 Å². The van der Waals surface area contributed by atoms with Gasteiger partial charge in [-0.3, -0.25) is 4.79 Å². The van der Waals surface area contributed by atoms with Gasteiger partial charge in [-0.05, 0) is 31.2 Å². The first kappa shape index (κ1) is 11.5. The fourth-order valence-corrected chi connectivity index (χ4v) is 1.69. The normalized spacial score (nSPS) is 10.2. The van der Waals surface area contributed by atoms with Crippen LogP contribution in [0.5, 0.6) is 0 Å². The van der Waals surface area contributed by atoms with Gasteiger partial charge in [0.2, 0.25) is 0 Å². The molecule has 3 nitrogen and oxygen atoms in total. The zero-order valence-electron chi connectivity index (χ0n) is 10.1. The maximum atomic E-state index is 11.9. The third-order valence-corrected chi connectivity index (χ3v) is 2.75. The van der Waals surface area contributed by atoms with Crippen LogP contribution in [0.15, 0.2) is 42.6 Å². The molecule has 0 aliphatic heterocycles. The monoisotopic (exact) mass is 228 g/mol. The number of aromatic amines is 1. The topological polar surface area (TPSA) is 36.1 Å². The van der Waals surface area contributed by atoms with Crippen LogP contribution in [0, 0.1) is 6.92 Å². The van der Waals surface area contributed by atoms with Crippen molar-refractivity contribution in [3.63, 3.8) is 0 Å². The van der Waals surface area contributed by atoms with Gasteiger partial charge in [0.1, 0.15) is 0 Å². The molecule has 0 bridgehead atoms. The molecule has 0 saturated heterocycles. The van der Waals surface area contributed by atoms with Crippen molar-refractivity contribution < 1.29 is 4.79 Å². The van der Waals surface area contributed by atoms with E-state index in [-0.39, 0.29) is 5.78 Å². The Hall–Kier alpha value is -2.03. The molecule has 0 unspecified atom stereocenters. The van der Waals surface area contributed by atoms with E-state index < -0.39 is 0 Å². The summed E-state index contributed by atoms with van der Waals surface area (Å²) in [4.78, 5) is 16.8. The van der Waals surface area contributed by atoms with E-state index in [9.17, 15) is 4.79 Å². The summed E-state index contributed by atoms with van der Waals surface area (Å²) in [6, 6.07) is 11.8. The molecule has 2 rings (SSSR count). The number of benzene rings is 1. The molecule has 0 amide bonds. The van der Waals surface area contributed by atoms with Crippen LogP contribution in [-0.2, 0) is 0 Å². The number of carbonyl (C=O) groups excluding carboxylic acids is 1. The Morgan fingerprint density at radius 3 is 2.53 bits per heavy atom. The average molecular weight is 228 g/mol. The Morgan fingerprint density at radius 2 is 1.94 bits per heavy atom. The van der Waals surface area contributed by atoms with Gasteiger partial charge in [0.15, 0.2) is 5.78 Å². The summed E-state index contributed by atoms with van der Waals surface area (Å²) in [5, 5.41) is 0. The molecule has 0 atom stereocenters. The number of H-pyrrole nitrogens is 1. The fourth-order valence-electron chi connectivity index (χ4n) is 1.69. The number of hydrogen-bond donors (Lipinski definition) is 1. The molecule has 0 spiro atoms. The van der Waals surface area contributed by atoms with Gasteiger partial charge < -0.3 is 9.88 Å². The van der Waals surface area contributed by atoms with Crippen LogP contribution >= 0.6 is 0 Å². The standard InChI is InChI=1S/C14H16N2O/c1-11-5-7-12(8-6-11)16(2)10-14(17)13-4-3-9-15-13/h3-9,15H,10H2,1-2H3. The van der Waals surface area contributed by atoms with Gasteiger partial charge in [-0.1, -0.05) is 17.7 Å². The number of hydrogen-bond acceptors (Lipinski definition) is 2. The molecule has 0 aliphatic carbocycles. The Labute approximate surface area is 101 Å². The highest BCUT2D eigenvalue weighted by molar-refractivity contribution is 5.97. The number of ketones is 1. The smallest absolute Gasteiger partial charge is 0.198 e. The van der Waals surface area contributed by atoms with Gasteiger partial charge in [-0.2, -0.15) is 0 Å². The third-order valence-electron chi connectivity index (χ3n) is 2.75. The van der Waals surface area contributed by atoms with Crippen LogP contribution in [0.4, 0.5) is 5.69 Å².